The highest BCUT2D eigenvalue weighted by Gasteiger charge is 2.20. The first-order valence-corrected chi connectivity index (χ1v) is 7.47. The second-order valence-electron chi connectivity index (χ2n) is 5.50. The highest BCUT2D eigenvalue weighted by atomic mass is 16.6. The van der Waals surface area contributed by atoms with E-state index in [1.807, 2.05) is 0 Å². The molecular formula is C15H21N3O4. The summed E-state index contributed by atoms with van der Waals surface area (Å²) >= 11 is 0. The Balaban J connectivity index is 1.74. The van der Waals surface area contributed by atoms with Gasteiger partial charge in [0.25, 0.3) is 0 Å². The number of ether oxygens (including phenoxy) is 1. The van der Waals surface area contributed by atoms with Crippen molar-refractivity contribution in [3.05, 3.63) is 34.4 Å². The van der Waals surface area contributed by atoms with Crippen molar-refractivity contribution in [2.45, 2.75) is 44.2 Å². The molecule has 0 spiro atoms. The minimum atomic E-state index is -0.499. The van der Waals surface area contributed by atoms with E-state index in [2.05, 4.69) is 5.32 Å². The van der Waals surface area contributed by atoms with E-state index in [1.165, 1.54) is 12.1 Å². The van der Waals surface area contributed by atoms with Gasteiger partial charge in [-0.2, -0.15) is 0 Å². The first-order chi connectivity index (χ1) is 10.6. The Morgan fingerprint density at radius 1 is 1.32 bits per heavy atom. The van der Waals surface area contributed by atoms with E-state index >= 15 is 0 Å². The maximum absolute atomic E-state index is 11.8. The van der Waals surface area contributed by atoms with Crippen molar-refractivity contribution in [3.8, 4) is 5.75 Å². The van der Waals surface area contributed by atoms with Gasteiger partial charge in [0.05, 0.1) is 18.0 Å². The van der Waals surface area contributed by atoms with Crippen LogP contribution in [0.3, 0.4) is 0 Å². The van der Waals surface area contributed by atoms with E-state index in [1.54, 1.807) is 12.1 Å². The molecule has 3 N–H and O–H groups in total. The minimum Gasteiger partial charge on any atom is -0.486 e. The predicted molar refractivity (Wildman–Crippen MR) is 81.6 cm³/mol. The second kappa shape index (κ2) is 7.74. The number of hydrogen-bond acceptors (Lipinski definition) is 5. The lowest BCUT2D eigenvalue weighted by Crippen LogP contribution is -2.40. The highest BCUT2D eigenvalue weighted by Crippen LogP contribution is 2.25. The van der Waals surface area contributed by atoms with E-state index in [0.717, 1.165) is 25.7 Å². The van der Waals surface area contributed by atoms with E-state index < -0.39 is 4.92 Å². The van der Waals surface area contributed by atoms with Crippen LogP contribution < -0.4 is 15.8 Å². The molecule has 1 aliphatic carbocycles. The van der Waals surface area contributed by atoms with E-state index in [-0.39, 0.29) is 42.5 Å². The normalized spacial score (nSPS) is 21.1. The van der Waals surface area contributed by atoms with Crippen LogP contribution in [0.5, 0.6) is 5.75 Å². The quantitative estimate of drug-likeness (QED) is 0.615. The number of benzene rings is 1. The number of nitro groups is 1. The lowest BCUT2D eigenvalue weighted by atomic mass is 9.92. The van der Waals surface area contributed by atoms with Crippen molar-refractivity contribution >= 4 is 11.6 Å². The standard InChI is InChI=1S/C15H21N3O4/c16-11-5-7-12(8-6-11)17-15(19)9-10-22-14-4-2-1-3-13(14)18(20)21/h1-4,11-12H,5-10,16H2,(H,17,19). The number of nitrogens with one attached hydrogen (secondary N) is 1. The summed E-state index contributed by atoms with van der Waals surface area (Å²) in [6, 6.07) is 6.56. The number of carbonyl (C=O) groups excluding carboxylic acids is 1. The third-order valence-electron chi connectivity index (χ3n) is 3.79. The number of carbonyl (C=O) groups is 1. The van der Waals surface area contributed by atoms with E-state index in [4.69, 9.17) is 10.5 Å². The van der Waals surface area contributed by atoms with Crippen molar-refractivity contribution < 1.29 is 14.5 Å². The summed E-state index contributed by atoms with van der Waals surface area (Å²) < 4.78 is 5.35. The minimum absolute atomic E-state index is 0.0934. The Morgan fingerprint density at radius 2 is 2.00 bits per heavy atom. The fourth-order valence-corrected chi connectivity index (χ4v) is 2.55. The van der Waals surface area contributed by atoms with E-state index in [9.17, 15) is 14.9 Å². The number of amides is 1. The lowest BCUT2D eigenvalue weighted by Gasteiger charge is -2.26. The topological polar surface area (TPSA) is 107 Å². The van der Waals surface area contributed by atoms with Crippen LogP contribution in [0.15, 0.2) is 24.3 Å². The molecule has 7 nitrogen and oxygen atoms in total. The zero-order valence-corrected chi connectivity index (χ0v) is 12.4. The van der Waals surface area contributed by atoms with Crippen LogP contribution in [0.25, 0.3) is 0 Å². The molecule has 1 aliphatic rings. The Morgan fingerprint density at radius 3 is 2.68 bits per heavy atom. The van der Waals surface area contributed by atoms with Gasteiger partial charge in [0.1, 0.15) is 0 Å². The molecule has 0 aliphatic heterocycles. The van der Waals surface area contributed by atoms with Crippen molar-refractivity contribution in [1.29, 1.82) is 0 Å². The molecule has 0 unspecified atom stereocenters. The van der Waals surface area contributed by atoms with Gasteiger partial charge in [0.15, 0.2) is 5.75 Å². The second-order valence-corrected chi connectivity index (χ2v) is 5.50. The molecule has 0 aromatic heterocycles. The third kappa shape index (κ3) is 4.70. The highest BCUT2D eigenvalue weighted by molar-refractivity contribution is 5.76. The average Bonchev–Trinajstić information content (AvgIpc) is 2.50. The van der Waals surface area contributed by atoms with Gasteiger partial charge in [0.2, 0.25) is 5.91 Å². The summed E-state index contributed by atoms with van der Waals surface area (Å²) in [4.78, 5) is 22.2. The van der Waals surface area contributed by atoms with Gasteiger partial charge in [-0.3, -0.25) is 14.9 Å². The van der Waals surface area contributed by atoms with Crippen LogP contribution in [0, 0.1) is 10.1 Å². The van der Waals surface area contributed by atoms with Crippen LogP contribution in [-0.4, -0.2) is 29.5 Å². The lowest BCUT2D eigenvalue weighted by molar-refractivity contribution is -0.385. The summed E-state index contributed by atoms with van der Waals surface area (Å²) in [5.41, 5.74) is 5.73. The Kier molecular flexibility index (Phi) is 5.71. The fraction of sp³-hybridized carbons (Fsp3) is 0.533. The summed E-state index contributed by atoms with van der Waals surface area (Å²) in [5.74, 6) is 0.0861. The maximum Gasteiger partial charge on any atom is 0.310 e. The molecule has 0 bridgehead atoms. The van der Waals surface area contributed by atoms with Crippen molar-refractivity contribution in [2.24, 2.45) is 5.73 Å². The van der Waals surface area contributed by atoms with Crippen LogP contribution in [0.2, 0.25) is 0 Å². The van der Waals surface area contributed by atoms with Gasteiger partial charge in [0, 0.05) is 18.2 Å². The van der Waals surface area contributed by atoms with Gasteiger partial charge in [-0.15, -0.1) is 0 Å². The molecule has 1 amide bonds. The van der Waals surface area contributed by atoms with Crippen LogP contribution in [0.4, 0.5) is 5.69 Å². The maximum atomic E-state index is 11.8. The van der Waals surface area contributed by atoms with Gasteiger partial charge in [-0.05, 0) is 31.7 Å². The molecule has 0 heterocycles. The molecule has 1 saturated carbocycles. The smallest absolute Gasteiger partial charge is 0.310 e. The van der Waals surface area contributed by atoms with Crippen molar-refractivity contribution in [1.82, 2.24) is 5.32 Å². The first kappa shape index (κ1) is 16.2. The molecule has 2 rings (SSSR count). The molecule has 0 atom stereocenters. The summed E-state index contributed by atoms with van der Waals surface area (Å²) in [6.45, 7) is 0.114. The Labute approximate surface area is 129 Å². The number of hydrogen-bond donors (Lipinski definition) is 2. The van der Waals surface area contributed by atoms with Gasteiger partial charge < -0.3 is 15.8 Å². The van der Waals surface area contributed by atoms with Gasteiger partial charge in [-0.25, -0.2) is 0 Å². The molecule has 0 saturated heterocycles. The van der Waals surface area contributed by atoms with E-state index in [0.29, 0.717) is 0 Å². The first-order valence-electron chi connectivity index (χ1n) is 7.47. The van der Waals surface area contributed by atoms with Crippen LogP contribution in [-0.2, 0) is 4.79 Å². The number of para-hydroxylation sites is 2. The van der Waals surface area contributed by atoms with Crippen LogP contribution >= 0.6 is 0 Å². The SMILES string of the molecule is NC1CCC(NC(=O)CCOc2ccccc2[N+](=O)[O-])CC1. The fourth-order valence-electron chi connectivity index (χ4n) is 2.55. The molecule has 120 valence electrons. The summed E-state index contributed by atoms with van der Waals surface area (Å²) in [6.07, 6.45) is 3.83. The average molecular weight is 307 g/mol. The predicted octanol–water partition coefficient (Wildman–Crippen LogP) is 1.75. The monoisotopic (exact) mass is 307 g/mol. The zero-order valence-electron chi connectivity index (χ0n) is 12.4. The number of nitrogens with zero attached hydrogens (tertiary/aromatic N) is 1. The molecular weight excluding hydrogens is 286 g/mol. The van der Waals surface area contributed by atoms with Crippen molar-refractivity contribution in [2.75, 3.05) is 6.61 Å². The molecule has 1 fully saturated rings. The van der Waals surface area contributed by atoms with Gasteiger partial charge in [-0.1, -0.05) is 12.1 Å². The van der Waals surface area contributed by atoms with Gasteiger partial charge >= 0.3 is 5.69 Å². The summed E-state index contributed by atoms with van der Waals surface area (Å²) in [7, 11) is 0. The molecule has 22 heavy (non-hydrogen) atoms. The zero-order chi connectivity index (χ0) is 15.9. The number of nitrogens with two attached hydrogens (primary N) is 1. The Bertz CT molecular complexity index is 527. The van der Waals surface area contributed by atoms with Crippen LogP contribution in [0.1, 0.15) is 32.1 Å². The molecule has 0 radical (unpaired) electrons. The van der Waals surface area contributed by atoms with Crippen molar-refractivity contribution in [3.63, 3.8) is 0 Å². The number of rotatable bonds is 6. The summed E-state index contributed by atoms with van der Waals surface area (Å²) in [5, 5.41) is 13.8. The molecule has 7 heteroatoms. The Hall–Kier alpha value is -2.15. The molecule has 1 aromatic rings. The molecule has 1 aromatic carbocycles. The third-order valence-corrected chi connectivity index (χ3v) is 3.79. The largest absolute Gasteiger partial charge is 0.486 e. The number of nitro benzene ring substituents is 1.